The van der Waals surface area contributed by atoms with Crippen molar-refractivity contribution in [3.05, 3.63) is 127 Å². The molecule has 5 N–H and O–H groups in total. The zero-order valence-corrected chi connectivity index (χ0v) is 25.4. The highest BCUT2D eigenvalue weighted by Gasteiger charge is 2.38. The smallest absolute Gasteiger partial charge is 0.490 e. The molecule has 6 aromatic rings. The summed E-state index contributed by atoms with van der Waals surface area (Å²) in [5.41, 5.74) is 13.6. The quantitative estimate of drug-likeness (QED) is 0.135. The van der Waals surface area contributed by atoms with Gasteiger partial charge in [0, 0.05) is 29.0 Å². The van der Waals surface area contributed by atoms with Gasteiger partial charge in [0.25, 0.3) is 5.91 Å². The van der Waals surface area contributed by atoms with E-state index in [0.717, 1.165) is 44.9 Å². The number of nitrogens with zero attached hydrogens (tertiary/aromatic N) is 3. The molecular formula is C35H29F3N6O4. The van der Waals surface area contributed by atoms with Gasteiger partial charge < -0.3 is 26.2 Å². The summed E-state index contributed by atoms with van der Waals surface area (Å²) in [6, 6.07) is 35.0. The fraction of sp³-hybridized carbons (Fsp3) is 0.0857. The molecule has 0 saturated heterocycles. The van der Waals surface area contributed by atoms with Gasteiger partial charge in [0.2, 0.25) is 5.95 Å². The maximum atomic E-state index is 12.6. The highest BCUT2D eigenvalue weighted by Crippen LogP contribution is 2.29. The number of aliphatic carboxylic acids is 1. The molecule has 0 aliphatic carbocycles. The van der Waals surface area contributed by atoms with Gasteiger partial charge in [0.1, 0.15) is 5.75 Å². The van der Waals surface area contributed by atoms with Gasteiger partial charge in [-0.1, -0.05) is 42.5 Å². The second kappa shape index (κ2) is 14.5. The zero-order chi connectivity index (χ0) is 34.3. The number of amides is 1. The van der Waals surface area contributed by atoms with Crippen molar-refractivity contribution in [1.82, 2.24) is 14.6 Å². The first kappa shape index (κ1) is 33.2. The van der Waals surface area contributed by atoms with Gasteiger partial charge >= 0.3 is 12.1 Å². The molecule has 2 heterocycles. The van der Waals surface area contributed by atoms with Crippen molar-refractivity contribution in [3.63, 3.8) is 0 Å². The Morgan fingerprint density at radius 3 is 2.12 bits per heavy atom. The van der Waals surface area contributed by atoms with Crippen molar-refractivity contribution >= 4 is 34.7 Å². The molecule has 0 saturated carbocycles. The summed E-state index contributed by atoms with van der Waals surface area (Å²) in [7, 11) is 1.66. The Labute approximate surface area is 272 Å². The van der Waals surface area contributed by atoms with Crippen LogP contribution in [0.25, 0.3) is 27.9 Å². The van der Waals surface area contributed by atoms with Crippen LogP contribution in [0, 0.1) is 0 Å². The van der Waals surface area contributed by atoms with E-state index in [4.69, 9.17) is 25.4 Å². The highest BCUT2D eigenvalue weighted by atomic mass is 19.4. The van der Waals surface area contributed by atoms with E-state index in [1.165, 1.54) is 0 Å². The molecule has 0 unspecified atom stereocenters. The second-order valence-electron chi connectivity index (χ2n) is 10.3. The minimum Gasteiger partial charge on any atom is -0.497 e. The lowest BCUT2D eigenvalue weighted by Gasteiger charge is -2.12. The SMILES string of the molecule is COc1ccc(-c2cccc(-c3cc4ccnn4c(Nc4ccc(NC(=O)c5ccc(CN)cc5)cc4)n3)c2)cc1.O=C(O)C(F)(F)F. The number of nitrogens with two attached hydrogens (primary N) is 1. The van der Waals surface area contributed by atoms with Crippen LogP contribution in [-0.2, 0) is 11.3 Å². The van der Waals surface area contributed by atoms with E-state index in [-0.39, 0.29) is 5.91 Å². The van der Waals surface area contributed by atoms with Crippen LogP contribution in [0.5, 0.6) is 5.75 Å². The average molecular weight is 655 g/mol. The normalized spacial score (nSPS) is 10.9. The molecular weight excluding hydrogens is 625 g/mol. The average Bonchev–Trinajstić information content (AvgIpc) is 3.58. The Morgan fingerprint density at radius 1 is 0.854 bits per heavy atom. The second-order valence-corrected chi connectivity index (χ2v) is 10.3. The number of anilines is 3. The van der Waals surface area contributed by atoms with Gasteiger partial charge in [-0.3, -0.25) is 4.79 Å². The summed E-state index contributed by atoms with van der Waals surface area (Å²) in [6.45, 7) is 0.440. The lowest BCUT2D eigenvalue weighted by Crippen LogP contribution is -2.21. The number of methoxy groups -OCH3 is 1. The number of carboxylic acids is 1. The maximum Gasteiger partial charge on any atom is 0.490 e. The number of hydrogen-bond donors (Lipinski definition) is 4. The number of halogens is 3. The molecule has 10 nitrogen and oxygen atoms in total. The largest absolute Gasteiger partial charge is 0.497 e. The summed E-state index contributed by atoms with van der Waals surface area (Å²) in [6.07, 6.45) is -3.33. The molecule has 48 heavy (non-hydrogen) atoms. The number of benzene rings is 4. The summed E-state index contributed by atoms with van der Waals surface area (Å²) in [5.74, 6) is -1.54. The first-order valence-electron chi connectivity index (χ1n) is 14.4. The van der Waals surface area contributed by atoms with Crippen LogP contribution in [0.4, 0.5) is 30.5 Å². The van der Waals surface area contributed by atoms with Crippen LogP contribution in [-0.4, -0.2) is 44.9 Å². The van der Waals surface area contributed by atoms with E-state index in [2.05, 4.69) is 27.9 Å². The van der Waals surface area contributed by atoms with Gasteiger partial charge in [0.05, 0.1) is 24.5 Å². The van der Waals surface area contributed by atoms with Crippen molar-refractivity contribution in [1.29, 1.82) is 0 Å². The van der Waals surface area contributed by atoms with E-state index in [1.807, 2.05) is 84.9 Å². The molecule has 0 aliphatic heterocycles. The number of hydrogen-bond acceptors (Lipinski definition) is 7. The van der Waals surface area contributed by atoms with Gasteiger partial charge in [-0.05, 0) is 83.4 Å². The van der Waals surface area contributed by atoms with Crippen LogP contribution in [0.3, 0.4) is 0 Å². The molecule has 0 spiro atoms. The van der Waals surface area contributed by atoms with E-state index >= 15 is 0 Å². The highest BCUT2D eigenvalue weighted by molar-refractivity contribution is 6.04. The molecule has 0 fully saturated rings. The third-order valence-electron chi connectivity index (χ3n) is 7.06. The van der Waals surface area contributed by atoms with Gasteiger partial charge in [0.15, 0.2) is 0 Å². The van der Waals surface area contributed by atoms with E-state index in [0.29, 0.717) is 23.7 Å². The number of rotatable bonds is 8. The molecule has 6 rings (SSSR count). The molecule has 1 amide bonds. The number of carbonyl (C=O) groups is 2. The molecule has 0 aliphatic rings. The van der Waals surface area contributed by atoms with Gasteiger partial charge in [-0.15, -0.1) is 0 Å². The maximum absolute atomic E-state index is 12.6. The van der Waals surface area contributed by atoms with Crippen molar-refractivity contribution in [2.45, 2.75) is 12.7 Å². The predicted molar refractivity (Wildman–Crippen MR) is 176 cm³/mol. The first-order chi connectivity index (χ1) is 23.0. The summed E-state index contributed by atoms with van der Waals surface area (Å²) in [5, 5.41) is 17.9. The Hall–Kier alpha value is -6.21. The number of nitrogens with one attached hydrogen (secondary N) is 2. The number of aromatic nitrogens is 3. The number of ether oxygens (including phenoxy) is 1. The number of fused-ring (bicyclic) bond motifs is 1. The fourth-order valence-corrected chi connectivity index (χ4v) is 4.57. The summed E-state index contributed by atoms with van der Waals surface area (Å²) in [4.78, 5) is 26.4. The van der Waals surface area contributed by atoms with E-state index in [1.54, 1.807) is 30.0 Å². The van der Waals surface area contributed by atoms with Crippen LogP contribution in [0.15, 0.2) is 115 Å². The Morgan fingerprint density at radius 2 is 1.50 bits per heavy atom. The monoisotopic (exact) mass is 654 g/mol. The van der Waals surface area contributed by atoms with Crippen molar-refractivity contribution in [3.8, 4) is 28.1 Å². The van der Waals surface area contributed by atoms with Gasteiger partial charge in [-0.25, -0.2) is 14.3 Å². The van der Waals surface area contributed by atoms with E-state index in [9.17, 15) is 18.0 Å². The van der Waals surface area contributed by atoms with Crippen LogP contribution < -0.4 is 21.1 Å². The van der Waals surface area contributed by atoms with Crippen LogP contribution >= 0.6 is 0 Å². The number of alkyl halides is 3. The molecule has 0 bridgehead atoms. The molecule has 2 aromatic heterocycles. The lowest BCUT2D eigenvalue weighted by molar-refractivity contribution is -0.192. The summed E-state index contributed by atoms with van der Waals surface area (Å²) < 4.78 is 38.8. The Balaban J connectivity index is 0.000000582. The van der Waals surface area contributed by atoms with E-state index < -0.39 is 12.1 Å². The van der Waals surface area contributed by atoms with Crippen LogP contribution in [0.2, 0.25) is 0 Å². The fourth-order valence-electron chi connectivity index (χ4n) is 4.57. The number of carbonyl (C=O) groups excluding carboxylic acids is 1. The minimum absolute atomic E-state index is 0.182. The molecule has 0 atom stereocenters. The third-order valence-corrected chi connectivity index (χ3v) is 7.06. The topological polar surface area (TPSA) is 144 Å². The van der Waals surface area contributed by atoms with Crippen molar-refractivity contribution in [2.75, 3.05) is 17.7 Å². The van der Waals surface area contributed by atoms with Crippen molar-refractivity contribution < 1.29 is 32.6 Å². The molecule has 244 valence electrons. The van der Waals surface area contributed by atoms with Crippen molar-refractivity contribution in [2.24, 2.45) is 5.73 Å². The minimum atomic E-state index is -5.08. The standard InChI is InChI=1S/C33H28N6O2.C2HF3O2/c1-41-30-15-9-23(10-16-30)25-3-2-4-26(19-25)31-20-29-17-18-35-39(29)33(38-31)37-28-13-11-27(12-14-28)36-32(40)24-7-5-22(21-34)6-8-24;3-2(4,5)1(6)7/h2-20H,21,34H2,1H3,(H,36,40)(H,37,38);(H,6,7). The molecule has 0 radical (unpaired) electrons. The third kappa shape index (κ3) is 8.13. The summed E-state index contributed by atoms with van der Waals surface area (Å²) >= 11 is 0. The Bertz CT molecular complexity index is 2030. The molecule has 13 heteroatoms. The Kier molecular flexibility index (Phi) is 10.0. The van der Waals surface area contributed by atoms with Gasteiger partial charge in [-0.2, -0.15) is 18.3 Å². The number of carboxylic acid groups (broad SMARTS) is 1. The first-order valence-corrected chi connectivity index (χ1v) is 14.4. The predicted octanol–water partition coefficient (Wildman–Crippen LogP) is 7.16. The molecule has 4 aromatic carbocycles. The zero-order valence-electron chi connectivity index (χ0n) is 25.4. The lowest BCUT2D eigenvalue weighted by atomic mass is 10.0. The van der Waals surface area contributed by atoms with Crippen LogP contribution in [0.1, 0.15) is 15.9 Å².